The van der Waals surface area contributed by atoms with E-state index in [1.54, 1.807) is 6.33 Å². The summed E-state index contributed by atoms with van der Waals surface area (Å²) in [7, 11) is 0. The predicted octanol–water partition coefficient (Wildman–Crippen LogP) is 12.6. The summed E-state index contributed by atoms with van der Waals surface area (Å²) < 4.78 is 0. The number of hydrogen-bond acceptors (Lipinski definition) is 3. The number of nitrogens with zero attached hydrogens (tertiary/aromatic N) is 4. The van der Waals surface area contributed by atoms with Gasteiger partial charge in [-0.25, -0.2) is 15.5 Å². The molecule has 0 saturated heterocycles. The van der Waals surface area contributed by atoms with Crippen LogP contribution in [0.4, 0.5) is 0 Å². The van der Waals surface area contributed by atoms with Gasteiger partial charge in [0.1, 0.15) is 6.33 Å². The molecule has 2 aromatic heterocycles. The molecule has 5 aromatic carbocycles. The van der Waals surface area contributed by atoms with E-state index in [4.69, 9.17) is 19.9 Å². The van der Waals surface area contributed by atoms with Crippen molar-refractivity contribution in [1.29, 1.82) is 0 Å². The Morgan fingerprint density at radius 1 is 0.500 bits per heavy atom. The molecule has 0 fully saturated rings. The zero-order valence-electron chi connectivity index (χ0n) is 33.8. The van der Waals surface area contributed by atoms with Crippen LogP contribution in [0.2, 0.25) is 0 Å². The molecule has 0 unspecified atom stereocenters. The second kappa shape index (κ2) is 14.1. The molecule has 0 aliphatic heterocycles. The molecular weight excluding hydrogens is 842 g/mol. The summed E-state index contributed by atoms with van der Waals surface area (Å²) in [5.74, 6) is 1.16. The van der Waals surface area contributed by atoms with Crippen molar-refractivity contribution in [3.8, 4) is 45.0 Å². The number of fused-ring (bicyclic) bond motifs is 3. The monoisotopic (exact) mass is 892 g/mol. The fourth-order valence-corrected chi connectivity index (χ4v) is 6.78. The van der Waals surface area contributed by atoms with Crippen molar-refractivity contribution in [2.24, 2.45) is 0 Å². The van der Waals surface area contributed by atoms with Crippen molar-refractivity contribution in [3.63, 3.8) is 0 Å². The maximum absolute atomic E-state index is 5.18. The zero-order chi connectivity index (χ0) is 38.1. The quantitative estimate of drug-likeness (QED) is 0.130. The van der Waals surface area contributed by atoms with Crippen LogP contribution in [0.1, 0.15) is 105 Å². The van der Waals surface area contributed by atoms with E-state index < -0.39 is 0 Å². The van der Waals surface area contributed by atoms with E-state index >= 15 is 0 Å². The van der Waals surface area contributed by atoms with Crippen molar-refractivity contribution < 1.29 is 22.4 Å². The standard InChI is InChI=1S/C49H51N4.Au/c1-46(2,3)35-17-13-30(14-18-35)32-23-33(31-15-19-36(20-16-31)47(4,5)6)25-34(24-32)44-50-29-51-45(53-44)41-28-38(49(10,11)12)27-40-39-26-37(48(7,8)9)21-22-42(39)52-43(40)41;/h13-15,17-24,26-29H,1-12H3;/q-3;+3. The van der Waals surface area contributed by atoms with Crippen LogP contribution in [-0.2, 0) is 44.0 Å². The van der Waals surface area contributed by atoms with Crippen LogP contribution < -0.4 is 4.98 Å². The van der Waals surface area contributed by atoms with Crippen LogP contribution in [0.15, 0.2) is 91.3 Å². The maximum Gasteiger partial charge on any atom is 3.00 e. The first-order chi connectivity index (χ1) is 24.8. The molecule has 0 aliphatic rings. The molecule has 0 amide bonds. The number of aromatic nitrogens is 4. The average molecular weight is 893 g/mol. The molecule has 0 atom stereocenters. The molecule has 0 saturated carbocycles. The van der Waals surface area contributed by atoms with Crippen molar-refractivity contribution in [2.75, 3.05) is 0 Å². The van der Waals surface area contributed by atoms with Gasteiger partial charge in [-0.2, -0.15) is 35.9 Å². The molecule has 0 aliphatic carbocycles. The van der Waals surface area contributed by atoms with Gasteiger partial charge < -0.3 is 4.98 Å². The summed E-state index contributed by atoms with van der Waals surface area (Å²) in [6, 6.07) is 38.1. The van der Waals surface area contributed by atoms with E-state index in [9.17, 15) is 0 Å². The normalized spacial score (nSPS) is 12.7. The first kappa shape index (κ1) is 39.3. The molecule has 0 bridgehead atoms. The second-order valence-electron chi connectivity index (χ2n) is 18.7. The molecule has 7 aromatic rings. The van der Waals surface area contributed by atoms with Gasteiger partial charge in [0.2, 0.25) is 0 Å². The van der Waals surface area contributed by atoms with Crippen molar-refractivity contribution in [3.05, 3.63) is 126 Å². The molecule has 54 heavy (non-hydrogen) atoms. The fourth-order valence-electron chi connectivity index (χ4n) is 6.78. The molecule has 4 nitrogen and oxygen atoms in total. The van der Waals surface area contributed by atoms with E-state index in [1.807, 2.05) is 0 Å². The third-order valence-electron chi connectivity index (χ3n) is 10.3. The van der Waals surface area contributed by atoms with Crippen molar-refractivity contribution in [2.45, 2.75) is 105 Å². The molecule has 2 heterocycles. The van der Waals surface area contributed by atoms with Crippen LogP contribution >= 0.6 is 0 Å². The van der Waals surface area contributed by atoms with Gasteiger partial charge in [-0.15, -0.1) is 28.7 Å². The SMILES string of the molecule is CC(C)(C)c1c[c-]c(-c2[c-]c(-c3ncnc(-c4cc(C(C)(C)C)cc5c4[n-]c4ccc(C(C)(C)C)cc45)n3)cc(-c3ccc(C(C)(C)C)cc3)c2)cc1.[Au+3]. The molecule has 278 valence electrons. The van der Waals surface area contributed by atoms with E-state index in [1.165, 1.54) is 22.3 Å². The Balaban J connectivity index is 0.00000497. The molecule has 0 radical (unpaired) electrons. The first-order valence-electron chi connectivity index (χ1n) is 18.7. The van der Waals surface area contributed by atoms with Crippen LogP contribution in [0.5, 0.6) is 0 Å². The predicted molar refractivity (Wildman–Crippen MR) is 222 cm³/mol. The van der Waals surface area contributed by atoms with Gasteiger partial charge in [0.15, 0.2) is 5.82 Å². The third-order valence-corrected chi connectivity index (χ3v) is 10.3. The summed E-state index contributed by atoms with van der Waals surface area (Å²) in [5.41, 5.74) is 12.8. The number of hydrogen-bond donors (Lipinski definition) is 0. The Kier molecular flexibility index (Phi) is 10.2. The second-order valence-corrected chi connectivity index (χ2v) is 18.7. The minimum absolute atomic E-state index is 0. The summed E-state index contributed by atoms with van der Waals surface area (Å²) in [6.45, 7) is 26.9. The largest absolute Gasteiger partial charge is 3.00 e. The Bertz CT molecular complexity index is 2380. The Morgan fingerprint density at radius 3 is 1.69 bits per heavy atom. The van der Waals surface area contributed by atoms with E-state index in [0.717, 1.165) is 55.2 Å². The summed E-state index contributed by atoms with van der Waals surface area (Å²) in [5, 5.41) is 2.28. The van der Waals surface area contributed by atoms with Crippen molar-refractivity contribution >= 4 is 21.8 Å². The topological polar surface area (TPSA) is 52.8 Å². The van der Waals surface area contributed by atoms with Gasteiger partial charge >= 0.3 is 22.4 Å². The van der Waals surface area contributed by atoms with E-state index in [2.05, 4.69) is 180 Å². The van der Waals surface area contributed by atoms with Crippen LogP contribution in [0, 0.1) is 12.1 Å². The van der Waals surface area contributed by atoms with Gasteiger partial charge in [-0.1, -0.05) is 143 Å². The van der Waals surface area contributed by atoms with Crippen molar-refractivity contribution in [1.82, 2.24) is 19.9 Å². The van der Waals surface area contributed by atoms with Crippen LogP contribution in [0.3, 0.4) is 0 Å². The van der Waals surface area contributed by atoms with E-state index in [-0.39, 0.29) is 44.0 Å². The zero-order valence-corrected chi connectivity index (χ0v) is 35.9. The first-order valence-corrected chi connectivity index (χ1v) is 18.7. The van der Waals surface area contributed by atoms with Gasteiger partial charge in [0.05, 0.1) is 5.82 Å². The Morgan fingerprint density at radius 2 is 1.07 bits per heavy atom. The average Bonchev–Trinajstić information content (AvgIpc) is 3.48. The Hall–Kier alpha value is -4.35. The molecular formula is C49H51AuN4. The molecule has 5 heteroatoms. The maximum atomic E-state index is 5.18. The molecule has 0 spiro atoms. The molecule has 7 rings (SSSR count). The Labute approximate surface area is 337 Å². The van der Waals surface area contributed by atoms with Gasteiger partial charge in [-0.05, 0) is 60.8 Å². The number of benzene rings is 5. The fraction of sp³-hybridized carbons (Fsp3) is 0.327. The summed E-state index contributed by atoms with van der Waals surface area (Å²) in [4.78, 5) is 19.9. The van der Waals surface area contributed by atoms with Crippen LogP contribution in [0.25, 0.3) is 66.8 Å². The summed E-state index contributed by atoms with van der Waals surface area (Å²) in [6.07, 6.45) is 1.62. The van der Waals surface area contributed by atoms with Gasteiger partial charge in [-0.3, -0.25) is 4.98 Å². The van der Waals surface area contributed by atoms with Gasteiger partial charge in [0, 0.05) is 5.56 Å². The van der Waals surface area contributed by atoms with Crippen LogP contribution in [-0.4, -0.2) is 15.0 Å². The number of rotatable bonds is 4. The van der Waals surface area contributed by atoms with Gasteiger partial charge in [0.25, 0.3) is 0 Å². The minimum Gasteiger partial charge on any atom is -0.656 e. The smallest absolute Gasteiger partial charge is 0.656 e. The molecule has 0 N–H and O–H groups in total. The van der Waals surface area contributed by atoms with E-state index in [0.29, 0.717) is 11.6 Å². The third kappa shape index (κ3) is 7.89. The summed E-state index contributed by atoms with van der Waals surface area (Å²) >= 11 is 0. The minimum atomic E-state index is -0.0946.